The molecule has 0 radical (unpaired) electrons. The average Bonchev–Trinajstić information content (AvgIpc) is 2.95. The van der Waals surface area contributed by atoms with E-state index in [1.54, 1.807) is 6.20 Å². The van der Waals surface area contributed by atoms with E-state index in [1.807, 2.05) is 30.0 Å². The van der Waals surface area contributed by atoms with Crippen molar-refractivity contribution >= 4 is 28.6 Å². The van der Waals surface area contributed by atoms with Gasteiger partial charge in [-0.05, 0) is 44.1 Å². The third kappa shape index (κ3) is 2.82. The molecule has 0 aliphatic heterocycles. The number of amides is 1. The number of hydrogen-bond donors (Lipinski definition) is 2. The Kier molecular flexibility index (Phi) is 3.96. The first-order valence-electron chi connectivity index (χ1n) is 7.03. The number of fused-ring (bicyclic) bond motifs is 1. The fraction of sp³-hybridized carbons (Fsp3) is 0.467. The van der Waals surface area contributed by atoms with Crippen LogP contribution in [0.1, 0.15) is 36.0 Å². The standard InChI is InChI=1S/C15H19N3OS/c1-20-13-6-4-12(5-7-13)17-15(19)10-2-3-11-9-16-18-14(11)8-10/h2-3,8-9,12-13H,4-7H2,1H3,(H,16,18)(H,17,19). The van der Waals surface area contributed by atoms with Crippen molar-refractivity contribution in [3.8, 4) is 0 Å². The van der Waals surface area contributed by atoms with Crippen molar-refractivity contribution in [2.45, 2.75) is 37.0 Å². The Morgan fingerprint density at radius 2 is 2.15 bits per heavy atom. The molecule has 2 N–H and O–H groups in total. The first-order valence-corrected chi connectivity index (χ1v) is 8.32. The summed E-state index contributed by atoms with van der Waals surface area (Å²) in [5.41, 5.74) is 1.61. The molecule has 0 spiro atoms. The second kappa shape index (κ2) is 5.87. The van der Waals surface area contributed by atoms with Crippen LogP contribution in [0.2, 0.25) is 0 Å². The lowest BCUT2D eigenvalue weighted by molar-refractivity contribution is 0.0928. The number of nitrogens with zero attached hydrogens (tertiary/aromatic N) is 1. The Balaban J connectivity index is 1.64. The van der Waals surface area contributed by atoms with Gasteiger partial charge in [0.1, 0.15) is 0 Å². The van der Waals surface area contributed by atoms with Gasteiger partial charge < -0.3 is 5.32 Å². The minimum absolute atomic E-state index is 0.0223. The van der Waals surface area contributed by atoms with Crippen LogP contribution in [0.5, 0.6) is 0 Å². The van der Waals surface area contributed by atoms with E-state index in [1.165, 1.54) is 12.8 Å². The van der Waals surface area contributed by atoms with E-state index < -0.39 is 0 Å². The van der Waals surface area contributed by atoms with Gasteiger partial charge in [0.05, 0.1) is 11.7 Å². The maximum atomic E-state index is 12.3. The van der Waals surface area contributed by atoms with E-state index in [0.29, 0.717) is 11.6 Å². The second-order valence-corrected chi connectivity index (χ2v) is 6.49. The summed E-state index contributed by atoms with van der Waals surface area (Å²) in [4.78, 5) is 12.3. The molecule has 2 aromatic rings. The highest BCUT2D eigenvalue weighted by Gasteiger charge is 2.22. The van der Waals surface area contributed by atoms with Crippen LogP contribution in [0, 0.1) is 0 Å². The minimum atomic E-state index is 0.0223. The van der Waals surface area contributed by atoms with Crippen LogP contribution in [0.15, 0.2) is 24.4 Å². The first-order chi connectivity index (χ1) is 9.76. The van der Waals surface area contributed by atoms with Crippen molar-refractivity contribution < 1.29 is 4.79 Å². The molecular weight excluding hydrogens is 270 g/mol. The number of aromatic nitrogens is 2. The van der Waals surface area contributed by atoms with E-state index in [9.17, 15) is 4.79 Å². The summed E-state index contributed by atoms with van der Waals surface area (Å²) in [6, 6.07) is 5.98. The summed E-state index contributed by atoms with van der Waals surface area (Å²) >= 11 is 1.94. The molecule has 20 heavy (non-hydrogen) atoms. The van der Waals surface area contributed by atoms with Crippen LogP contribution < -0.4 is 5.32 Å². The van der Waals surface area contributed by atoms with Crippen molar-refractivity contribution in [2.24, 2.45) is 0 Å². The van der Waals surface area contributed by atoms with Crippen LogP contribution in [0.25, 0.3) is 10.9 Å². The topological polar surface area (TPSA) is 57.8 Å². The van der Waals surface area contributed by atoms with Crippen LogP contribution in [-0.4, -0.2) is 33.7 Å². The normalized spacial score (nSPS) is 22.9. The van der Waals surface area contributed by atoms with Crippen molar-refractivity contribution in [1.82, 2.24) is 15.5 Å². The molecule has 1 amide bonds. The molecule has 0 bridgehead atoms. The monoisotopic (exact) mass is 289 g/mol. The molecular formula is C15H19N3OS. The molecule has 0 saturated heterocycles. The lowest BCUT2D eigenvalue weighted by Crippen LogP contribution is -2.38. The van der Waals surface area contributed by atoms with Crippen LogP contribution >= 0.6 is 11.8 Å². The van der Waals surface area contributed by atoms with E-state index in [0.717, 1.165) is 29.0 Å². The lowest BCUT2D eigenvalue weighted by Gasteiger charge is -2.28. The summed E-state index contributed by atoms with van der Waals surface area (Å²) in [7, 11) is 0. The molecule has 4 nitrogen and oxygen atoms in total. The molecule has 3 rings (SSSR count). The molecule has 0 atom stereocenters. The van der Waals surface area contributed by atoms with Gasteiger partial charge in [0.2, 0.25) is 0 Å². The van der Waals surface area contributed by atoms with Gasteiger partial charge in [-0.3, -0.25) is 9.89 Å². The molecule has 1 aliphatic rings. The minimum Gasteiger partial charge on any atom is -0.349 e. The van der Waals surface area contributed by atoms with Gasteiger partial charge in [-0.25, -0.2) is 0 Å². The molecule has 1 heterocycles. The smallest absolute Gasteiger partial charge is 0.251 e. The molecule has 5 heteroatoms. The Bertz CT molecular complexity index is 602. The molecule has 1 aliphatic carbocycles. The van der Waals surface area contributed by atoms with Gasteiger partial charge in [0.15, 0.2) is 0 Å². The second-order valence-electron chi connectivity index (χ2n) is 5.35. The molecule has 1 aromatic carbocycles. The Labute approximate surface area is 122 Å². The van der Waals surface area contributed by atoms with Gasteiger partial charge in [-0.1, -0.05) is 6.07 Å². The highest BCUT2D eigenvalue weighted by atomic mass is 32.2. The highest BCUT2D eigenvalue weighted by Crippen LogP contribution is 2.27. The van der Waals surface area contributed by atoms with Crippen LogP contribution in [0.3, 0.4) is 0 Å². The quantitative estimate of drug-likeness (QED) is 0.913. The van der Waals surface area contributed by atoms with Gasteiger partial charge >= 0.3 is 0 Å². The number of rotatable bonds is 3. The summed E-state index contributed by atoms with van der Waals surface area (Å²) in [6.07, 6.45) is 8.51. The molecule has 106 valence electrons. The molecule has 0 unspecified atom stereocenters. The number of carbonyl (C=O) groups excluding carboxylic acids is 1. The number of nitrogens with one attached hydrogen (secondary N) is 2. The number of H-pyrrole nitrogens is 1. The van der Waals surface area contributed by atoms with Gasteiger partial charge in [-0.15, -0.1) is 0 Å². The zero-order chi connectivity index (χ0) is 13.9. The number of benzene rings is 1. The van der Waals surface area contributed by atoms with Crippen molar-refractivity contribution in [1.29, 1.82) is 0 Å². The summed E-state index contributed by atoms with van der Waals surface area (Å²) in [5, 5.41) is 11.8. The number of carbonyl (C=O) groups is 1. The summed E-state index contributed by atoms with van der Waals surface area (Å²) < 4.78 is 0. The third-order valence-electron chi connectivity index (χ3n) is 4.05. The van der Waals surface area contributed by atoms with Crippen molar-refractivity contribution in [3.05, 3.63) is 30.0 Å². The summed E-state index contributed by atoms with van der Waals surface area (Å²) in [5.74, 6) is 0.0223. The molecule has 1 fully saturated rings. The largest absolute Gasteiger partial charge is 0.349 e. The molecule has 1 saturated carbocycles. The van der Waals surface area contributed by atoms with Gasteiger partial charge in [-0.2, -0.15) is 16.9 Å². The van der Waals surface area contributed by atoms with E-state index >= 15 is 0 Å². The Morgan fingerprint density at radius 3 is 2.90 bits per heavy atom. The Morgan fingerprint density at radius 1 is 1.35 bits per heavy atom. The SMILES string of the molecule is CSC1CCC(NC(=O)c2ccc3cn[nH]c3c2)CC1. The zero-order valence-corrected chi connectivity index (χ0v) is 12.4. The van der Waals surface area contributed by atoms with E-state index in [4.69, 9.17) is 0 Å². The maximum Gasteiger partial charge on any atom is 0.251 e. The fourth-order valence-electron chi connectivity index (χ4n) is 2.79. The van der Waals surface area contributed by atoms with Crippen molar-refractivity contribution in [2.75, 3.05) is 6.26 Å². The highest BCUT2D eigenvalue weighted by molar-refractivity contribution is 7.99. The first kappa shape index (κ1) is 13.5. The van der Waals surface area contributed by atoms with Crippen LogP contribution in [-0.2, 0) is 0 Å². The predicted molar refractivity (Wildman–Crippen MR) is 83.1 cm³/mol. The van der Waals surface area contributed by atoms with E-state index in [2.05, 4.69) is 21.8 Å². The molecule has 1 aromatic heterocycles. The van der Waals surface area contributed by atoms with Crippen molar-refractivity contribution in [3.63, 3.8) is 0 Å². The zero-order valence-electron chi connectivity index (χ0n) is 11.6. The van der Waals surface area contributed by atoms with Gasteiger partial charge in [0, 0.05) is 22.2 Å². The number of aromatic amines is 1. The summed E-state index contributed by atoms with van der Waals surface area (Å²) in [6.45, 7) is 0. The fourth-order valence-corrected chi connectivity index (χ4v) is 3.53. The lowest BCUT2D eigenvalue weighted by atomic mass is 9.94. The van der Waals surface area contributed by atoms with Gasteiger partial charge in [0.25, 0.3) is 5.91 Å². The third-order valence-corrected chi connectivity index (χ3v) is 5.18. The van der Waals surface area contributed by atoms with E-state index in [-0.39, 0.29) is 5.91 Å². The number of thioether (sulfide) groups is 1. The van der Waals surface area contributed by atoms with Crippen LogP contribution in [0.4, 0.5) is 0 Å². The number of hydrogen-bond acceptors (Lipinski definition) is 3. The maximum absolute atomic E-state index is 12.3. The average molecular weight is 289 g/mol. The predicted octanol–water partition coefficient (Wildman–Crippen LogP) is 2.97. The Hall–Kier alpha value is -1.49.